The summed E-state index contributed by atoms with van der Waals surface area (Å²) in [7, 11) is 0. The average Bonchev–Trinajstić information content (AvgIpc) is 2.96. The van der Waals surface area contributed by atoms with Crippen LogP contribution in [0.2, 0.25) is 0 Å². The van der Waals surface area contributed by atoms with Crippen LogP contribution in [0.25, 0.3) is 11.6 Å². The Morgan fingerprint density at radius 2 is 2.20 bits per heavy atom. The topological polar surface area (TPSA) is 29.1 Å². The summed E-state index contributed by atoms with van der Waals surface area (Å²) in [5.41, 5.74) is 2.89. The molecule has 3 heteroatoms. The van der Waals surface area contributed by atoms with Gasteiger partial charge in [-0.1, -0.05) is 42.0 Å². The molecule has 0 atom stereocenters. The highest BCUT2D eigenvalue weighted by atomic mass is 32.1. The molecule has 2 aromatic rings. The number of hydrogen-bond donors (Lipinski definition) is 1. The first kappa shape index (κ1) is 14.3. The van der Waals surface area contributed by atoms with E-state index in [9.17, 15) is 4.79 Å². The summed E-state index contributed by atoms with van der Waals surface area (Å²) >= 11 is 1.56. The number of carbonyl (C=O) groups excluding carboxylic acids is 1. The molecule has 102 valence electrons. The van der Waals surface area contributed by atoms with Crippen molar-refractivity contribution in [3.05, 3.63) is 70.4 Å². The van der Waals surface area contributed by atoms with Gasteiger partial charge in [0.05, 0.1) is 5.57 Å². The van der Waals surface area contributed by atoms with Crippen molar-refractivity contribution in [2.45, 2.75) is 6.92 Å². The van der Waals surface area contributed by atoms with Crippen molar-refractivity contribution in [1.29, 1.82) is 0 Å². The number of rotatable bonds is 5. The largest absolute Gasteiger partial charge is 0.349 e. The molecule has 1 N–H and O–H groups in total. The zero-order valence-electron chi connectivity index (χ0n) is 11.4. The summed E-state index contributed by atoms with van der Waals surface area (Å²) in [5, 5.41) is 4.81. The first-order valence-corrected chi connectivity index (χ1v) is 7.30. The fourth-order valence-electron chi connectivity index (χ4n) is 1.87. The third-order valence-corrected chi connectivity index (χ3v) is 3.69. The molecule has 0 fully saturated rings. The van der Waals surface area contributed by atoms with Crippen molar-refractivity contribution in [1.82, 2.24) is 5.32 Å². The maximum atomic E-state index is 12.3. The standard InChI is InChI=1S/C17H17NOS/c1-3-9-18-17(19)15(16-8-5-10-20-16)12-14-7-4-6-13(2)11-14/h3-8,10-12H,1,9H2,2H3,(H,18,19)/b15-12+. The lowest BCUT2D eigenvalue weighted by atomic mass is 10.1. The van der Waals surface area contributed by atoms with E-state index in [1.54, 1.807) is 17.4 Å². The molecule has 0 saturated heterocycles. The molecule has 1 aromatic heterocycles. The van der Waals surface area contributed by atoms with Gasteiger partial charge >= 0.3 is 0 Å². The lowest BCUT2D eigenvalue weighted by molar-refractivity contribution is -0.115. The van der Waals surface area contributed by atoms with Gasteiger partial charge in [0.15, 0.2) is 0 Å². The van der Waals surface area contributed by atoms with Crippen LogP contribution in [0.5, 0.6) is 0 Å². The molecule has 0 aliphatic carbocycles. The van der Waals surface area contributed by atoms with Crippen LogP contribution >= 0.6 is 11.3 Å². The molecule has 0 radical (unpaired) electrons. The van der Waals surface area contributed by atoms with E-state index >= 15 is 0 Å². The first-order valence-electron chi connectivity index (χ1n) is 6.42. The molecule has 1 amide bonds. The highest BCUT2D eigenvalue weighted by Gasteiger charge is 2.12. The highest BCUT2D eigenvalue weighted by molar-refractivity contribution is 7.11. The van der Waals surface area contributed by atoms with E-state index in [4.69, 9.17) is 0 Å². The first-order chi connectivity index (χ1) is 9.70. The Balaban J connectivity index is 2.36. The van der Waals surface area contributed by atoms with Crippen LogP contribution < -0.4 is 5.32 Å². The van der Waals surface area contributed by atoms with Crippen molar-refractivity contribution >= 4 is 28.9 Å². The Kier molecular flexibility index (Phi) is 4.91. The van der Waals surface area contributed by atoms with Crippen molar-refractivity contribution < 1.29 is 4.79 Å². The highest BCUT2D eigenvalue weighted by Crippen LogP contribution is 2.23. The van der Waals surface area contributed by atoms with Gasteiger partial charge in [-0.25, -0.2) is 0 Å². The van der Waals surface area contributed by atoms with E-state index in [1.807, 2.05) is 48.7 Å². The Morgan fingerprint density at radius 1 is 1.35 bits per heavy atom. The zero-order valence-corrected chi connectivity index (χ0v) is 12.2. The Bertz CT molecular complexity index is 626. The predicted octanol–water partition coefficient (Wildman–Crippen LogP) is 3.90. The Hall–Kier alpha value is -2.13. The van der Waals surface area contributed by atoms with Crippen LogP contribution in [0.1, 0.15) is 16.0 Å². The van der Waals surface area contributed by atoms with E-state index in [-0.39, 0.29) is 5.91 Å². The second-order valence-corrected chi connectivity index (χ2v) is 5.40. The summed E-state index contributed by atoms with van der Waals surface area (Å²) in [6, 6.07) is 12.0. The normalized spacial score (nSPS) is 11.2. The van der Waals surface area contributed by atoms with E-state index in [1.165, 1.54) is 5.56 Å². The molecule has 0 aliphatic rings. The minimum atomic E-state index is -0.0751. The number of nitrogens with one attached hydrogen (secondary N) is 1. The Labute approximate surface area is 123 Å². The summed E-state index contributed by atoms with van der Waals surface area (Å²) in [4.78, 5) is 13.2. The maximum absolute atomic E-state index is 12.3. The minimum Gasteiger partial charge on any atom is -0.349 e. The second kappa shape index (κ2) is 6.87. The van der Waals surface area contributed by atoms with Crippen LogP contribution in [0, 0.1) is 6.92 Å². The van der Waals surface area contributed by atoms with E-state index in [2.05, 4.69) is 18.0 Å². The van der Waals surface area contributed by atoms with Gasteiger partial charge in [-0.2, -0.15) is 0 Å². The van der Waals surface area contributed by atoms with Gasteiger partial charge in [-0.15, -0.1) is 17.9 Å². The summed E-state index contributed by atoms with van der Waals surface area (Å²) in [6.07, 6.45) is 3.61. The number of aryl methyl sites for hydroxylation is 1. The van der Waals surface area contributed by atoms with Crippen molar-refractivity contribution in [2.75, 3.05) is 6.54 Å². The molecule has 1 aromatic carbocycles. The van der Waals surface area contributed by atoms with Gasteiger partial charge in [0, 0.05) is 11.4 Å². The van der Waals surface area contributed by atoms with E-state index in [0.717, 1.165) is 10.4 Å². The summed E-state index contributed by atoms with van der Waals surface area (Å²) < 4.78 is 0. The van der Waals surface area contributed by atoms with Gasteiger partial charge in [0.1, 0.15) is 0 Å². The number of benzene rings is 1. The predicted molar refractivity (Wildman–Crippen MR) is 86.6 cm³/mol. The molecule has 0 unspecified atom stereocenters. The molecule has 0 spiro atoms. The number of carbonyl (C=O) groups is 1. The third kappa shape index (κ3) is 3.68. The molecule has 0 aliphatic heterocycles. The fourth-order valence-corrected chi connectivity index (χ4v) is 2.61. The van der Waals surface area contributed by atoms with Crippen LogP contribution in [-0.4, -0.2) is 12.5 Å². The van der Waals surface area contributed by atoms with E-state index in [0.29, 0.717) is 12.1 Å². The van der Waals surface area contributed by atoms with Gasteiger partial charge in [0.25, 0.3) is 5.91 Å². The second-order valence-electron chi connectivity index (χ2n) is 4.45. The van der Waals surface area contributed by atoms with Crippen LogP contribution in [0.15, 0.2) is 54.4 Å². The van der Waals surface area contributed by atoms with Crippen molar-refractivity contribution in [3.8, 4) is 0 Å². The number of thiophene rings is 1. The van der Waals surface area contributed by atoms with Crippen molar-refractivity contribution in [2.24, 2.45) is 0 Å². The zero-order chi connectivity index (χ0) is 14.4. The number of amides is 1. The molecule has 2 nitrogen and oxygen atoms in total. The quantitative estimate of drug-likeness (QED) is 0.654. The fraction of sp³-hybridized carbons (Fsp3) is 0.118. The molecule has 2 rings (SSSR count). The molecule has 0 bridgehead atoms. The molecular formula is C17H17NOS. The minimum absolute atomic E-state index is 0.0751. The molecule has 20 heavy (non-hydrogen) atoms. The molecular weight excluding hydrogens is 266 g/mol. The van der Waals surface area contributed by atoms with Gasteiger partial charge < -0.3 is 5.32 Å². The maximum Gasteiger partial charge on any atom is 0.252 e. The van der Waals surface area contributed by atoms with Gasteiger partial charge in [-0.05, 0) is 30.0 Å². The number of hydrogen-bond acceptors (Lipinski definition) is 2. The molecule has 0 saturated carbocycles. The smallest absolute Gasteiger partial charge is 0.252 e. The lowest BCUT2D eigenvalue weighted by Crippen LogP contribution is -2.23. The van der Waals surface area contributed by atoms with Crippen LogP contribution in [0.3, 0.4) is 0 Å². The average molecular weight is 283 g/mol. The summed E-state index contributed by atoms with van der Waals surface area (Å²) in [5.74, 6) is -0.0751. The monoisotopic (exact) mass is 283 g/mol. The SMILES string of the molecule is C=CCNC(=O)/C(=C/c1cccc(C)c1)c1cccs1. The van der Waals surface area contributed by atoms with Gasteiger partial charge in [-0.3, -0.25) is 4.79 Å². The third-order valence-electron chi connectivity index (χ3n) is 2.79. The van der Waals surface area contributed by atoms with Crippen LogP contribution in [0.4, 0.5) is 0 Å². The Morgan fingerprint density at radius 3 is 2.85 bits per heavy atom. The lowest BCUT2D eigenvalue weighted by Gasteiger charge is -2.06. The summed E-state index contributed by atoms with van der Waals surface area (Å²) in [6.45, 7) is 6.13. The van der Waals surface area contributed by atoms with Gasteiger partial charge in [0.2, 0.25) is 0 Å². The van der Waals surface area contributed by atoms with Crippen molar-refractivity contribution in [3.63, 3.8) is 0 Å². The van der Waals surface area contributed by atoms with E-state index < -0.39 is 0 Å². The van der Waals surface area contributed by atoms with Crippen LogP contribution in [-0.2, 0) is 4.79 Å². The molecule has 1 heterocycles.